The van der Waals surface area contributed by atoms with Gasteiger partial charge in [0.2, 0.25) is 0 Å². The number of hydrogen-bond donors (Lipinski definition) is 3. The smallest absolute Gasteiger partial charge is 0.251 e. The lowest BCUT2D eigenvalue weighted by molar-refractivity contribution is 0.0954. The van der Waals surface area contributed by atoms with Gasteiger partial charge in [0.25, 0.3) is 5.91 Å². The molecule has 1 aliphatic rings. The fourth-order valence-electron chi connectivity index (χ4n) is 3.83. The van der Waals surface area contributed by atoms with Gasteiger partial charge in [0.05, 0.1) is 7.11 Å². The summed E-state index contributed by atoms with van der Waals surface area (Å²) in [5.41, 5.74) is 1.95. The highest BCUT2D eigenvalue weighted by atomic mass is 16.5. The largest absolute Gasteiger partial charge is 0.497 e. The monoisotopic (exact) mass is 423 g/mol. The van der Waals surface area contributed by atoms with Crippen molar-refractivity contribution in [2.24, 2.45) is 4.99 Å². The number of amides is 1. The van der Waals surface area contributed by atoms with E-state index in [4.69, 9.17) is 4.74 Å². The van der Waals surface area contributed by atoms with Crippen LogP contribution >= 0.6 is 0 Å². The Hall–Kier alpha value is -3.06. The van der Waals surface area contributed by atoms with E-state index in [1.807, 2.05) is 0 Å². The van der Waals surface area contributed by atoms with E-state index < -0.39 is 0 Å². The third-order valence-corrected chi connectivity index (χ3v) is 5.55. The van der Waals surface area contributed by atoms with Gasteiger partial charge < -0.3 is 20.7 Å². The molecule has 2 unspecified atom stereocenters. The first-order chi connectivity index (χ1) is 15.1. The summed E-state index contributed by atoms with van der Waals surface area (Å²) in [5.74, 6) is 1.39. The van der Waals surface area contributed by atoms with Gasteiger partial charge in [-0.15, -0.1) is 0 Å². The molecule has 2 aromatic rings. The maximum absolute atomic E-state index is 12.2. The molecule has 0 saturated carbocycles. The Labute approximate surface area is 184 Å². The molecular weight excluding hydrogens is 390 g/mol. The fourth-order valence-corrected chi connectivity index (χ4v) is 3.83. The number of hydrogen-bond acceptors (Lipinski definition) is 4. The minimum absolute atomic E-state index is 0.103. The highest BCUT2D eigenvalue weighted by Gasteiger charge is 2.29. The zero-order valence-corrected chi connectivity index (χ0v) is 18.6. The van der Waals surface area contributed by atoms with Crippen LogP contribution < -0.4 is 20.7 Å². The molecule has 1 saturated heterocycles. The third-order valence-electron chi connectivity index (χ3n) is 5.55. The van der Waals surface area contributed by atoms with Crippen LogP contribution in [0.25, 0.3) is 0 Å². The molecule has 1 heterocycles. The molecule has 2 aromatic carbocycles. The molecule has 3 rings (SSSR count). The molecule has 3 N–H and O–H groups in total. The van der Waals surface area contributed by atoms with Crippen LogP contribution in [0, 0.1) is 0 Å². The molecular formula is C24H33N5O2. The molecule has 2 atom stereocenters. The van der Waals surface area contributed by atoms with Crippen molar-refractivity contribution in [1.82, 2.24) is 20.9 Å². The Morgan fingerprint density at radius 1 is 1.10 bits per heavy atom. The second kappa shape index (κ2) is 11.4. The molecule has 166 valence electrons. The van der Waals surface area contributed by atoms with E-state index in [0.29, 0.717) is 30.7 Å². The van der Waals surface area contributed by atoms with Crippen LogP contribution in [0.15, 0.2) is 59.6 Å². The Balaban J connectivity index is 1.39. The number of methoxy groups -OCH3 is 1. The van der Waals surface area contributed by atoms with E-state index in [2.05, 4.69) is 63.1 Å². The molecule has 7 heteroatoms. The Kier molecular flexibility index (Phi) is 8.29. The Bertz CT molecular complexity index is 854. The topological polar surface area (TPSA) is 78.0 Å². The van der Waals surface area contributed by atoms with E-state index in [9.17, 15) is 4.79 Å². The van der Waals surface area contributed by atoms with Crippen LogP contribution in [-0.4, -0.2) is 62.6 Å². The number of carbonyl (C=O) groups is 1. The molecule has 1 aliphatic heterocycles. The number of aliphatic imine (C=N–C) groups is 1. The molecule has 0 bridgehead atoms. The first-order valence-corrected chi connectivity index (χ1v) is 10.8. The number of rotatable bonds is 8. The predicted octanol–water partition coefficient (Wildman–Crippen LogP) is 2.25. The van der Waals surface area contributed by atoms with Crippen LogP contribution in [0.2, 0.25) is 0 Å². The lowest BCUT2D eigenvalue weighted by Gasteiger charge is -2.21. The zero-order valence-electron chi connectivity index (χ0n) is 18.6. The van der Waals surface area contributed by atoms with Gasteiger partial charge in [-0.3, -0.25) is 14.7 Å². The molecule has 0 radical (unpaired) electrons. The number of carbonyl (C=O) groups excluding carboxylic acids is 1. The van der Waals surface area contributed by atoms with Gasteiger partial charge in [0, 0.05) is 50.9 Å². The van der Waals surface area contributed by atoms with Gasteiger partial charge in [-0.1, -0.05) is 30.3 Å². The Morgan fingerprint density at radius 3 is 2.48 bits per heavy atom. The molecule has 1 amide bonds. The highest BCUT2D eigenvalue weighted by Crippen LogP contribution is 2.20. The van der Waals surface area contributed by atoms with Gasteiger partial charge in [-0.2, -0.15) is 0 Å². The number of guanidine groups is 1. The highest BCUT2D eigenvalue weighted by molar-refractivity contribution is 5.94. The van der Waals surface area contributed by atoms with Crippen molar-refractivity contribution in [2.75, 3.05) is 33.8 Å². The summed E-state index contributed by atoms with van der Waals surface area (Å²) in [6.07, 6.45) is 1.07. The molecule has 0 aliphatic carbocycles. The van der Waals surface area contributed by atoms with Gasteiger partial charge in [-0.05, 0) is 43.2 Å². The molecule has 7 nitrogen and oxygen atoms in total. The van der Waals surface area contributed by atoms with Crippen LogP contribution in [0.5, 0.6) is 5.75 Å². The number of nitrogens with one attached hydrogen (secondary N) is 3. The minimum Gasteiger partial charge on any atom is -0.497 e. The average molecular weight is 424 g/mol. The summed E-state index contributed by atoms with van der Waals surface area (Å²) >= 11 is 0. The molecule has 1 fully saturated rings. The maximum Gasteiger partial charge on any atom is 0.251 e. The van der Waals surface area contributed by atoms with E-state index in [0.717, 1.165) is 31.2 Å². The summed E-state index contributed by atoms with van der Waals surface area (Å²) in [7, 11) is 3.38. The minimum atomic E-state index is -0.103. The number of likely N-dealkylation sites (tertiary alicyclic amines) is 1. The first kappa shape index (κ1) is 22.6. The standard InChI is InChI=1S/C24H33N5O2/c1-18-15-21(17-29(18)16-19-7-5-4-6-8-19)28-24(25-2)27-14-13-26-23(30)20-9-11-22(31-3)12-10-20/h4-12,18,21H,13-17H2,1-3H3,(H,26,30)(H2,25,27,28). The number of ether oxygens (including phenoxy) is 1. The van der Waals surface area contributed by atoms with Crippen LogP contribution in [0.1, 0.15) is 29.3 Å². The van der Waals surface area contributed by atoms with Crippen molar-refractivity contribution in [3.05, 3.63) is 65.7 Å². The summed E-state index contributed by atoms with van der Waals surface area (Å²) in [6, 6.07) is 18.5. The number of benzene rings is 2. The van der Waals surface area contributed by atoms with Crippen LogP contribution in [-0.2, 0) is 6.54 Å². The first-order valence-electron chi connectivity index (χ1n) is 10.8. The van der Waals surface area contributed by atoms with Gasteiger partial charge in [0.1, 0.15) is 5.75 Å². The lowest BCUT2D eigenvalue weighted by atomic mass is 10.2. The van der Waals surface area contributed by atoms with Crippen molar-refractivity contribution in [3.8, 4) is 5.75 Å². The third kappa shape index (κ3) is 6.72. The van der Waals surface area contributed by atoms with E-state index in [1.54, 1.807) is 38.4 Å². The summed E-state index contributed by atoms with van der Waals surface area (Å²) < 4.78 is 5.12. The average Bonchev–Trinajstić information content (AvgIpc) is 3.14. The van der Waals surface area contributed by atoms with Gasteiger partial charge in [0.15, 0.2) is 5.96 Å². The van der Waals surface area contributed by atoms with Crippen LogP contribution in [0.4, 0.5) is 0 Å². The van der Waals surface area contributed by atoms with Gasteiger partial charge in [-0.25, -0.2) is 0 Å². The van der Waals surface area contributed by atoms with E-state index in [1.165, 1.54) is 5.56 Å². The van der Waals surface area contributed by atoms with Crippen LogP contribution in [0.3, 0.4) is 0 Å². The second-order valence-corrected chi connectivity index (χ2v) is 7.82. The van der Waals surface area contributed by atoms with E-state index in [-0.39, 0.29) is 5.91 Å². The van der Waals surface area contributed by atoms with Crippen molar-refractivity contribution in [2.45, 2.75) is 32.0 Å². The number of nitrogens with zero attached hydrogens (tertiary/aromatic N) is 2. The Morgan fingerprint density at radius 2 is 1.81 bits per heavy atom. The van der Waals surface area contributed by atoms with Crippen molar-refractivity contribution in [1.29, 1.82) is 0 Å². The maximum atomic E-state index is 12.2. The predicted molar refractivity (Wildman–Crippen MR) is 125 cm³/mol. The SMILES string of the molecule is CN=C(NCCNC(=O)c1ccc(OC)cc1)NC1CC(C)N(Cc2ccccc2)C1. The van der Waals surface area contributed by atoms with E-state index >= 15 is 0 Å². The quantitative estimate of drug-likeness (QED) is 0.345. The summed E-state index contributed by atoms with van der Waals surface area (Å²) in [5, 5.41) is 9.72. The summed E-state index contributed by atoms with van der Waals surface area (Å²) in [6.45, 7) is 5.31. The van der Waals surface area contributed by atoms with Gasteiger partial charge >= 0.3 is 0 Å². The van der Waals surface area contributed by atoms with Crippen molar-refractivity contribution < 1.29 is 9.53 Å². The van der Waals surface area contributed by atoms with Crippen molar-refractivity contribution in [3.63, 3.8) is 0 Å². The second-order valence-electron chi connectivity index (χ2n) is 7.82. The molecule has 0 aromatic heterocycles. The molecule has 0 spiro atoms. The summed E-state index contributed by atoms with van der Waals surface area (Å²) in [4.78, 5) is 19.1. The van der Waals surface area contributed by atoms with Crippen molar-refractivity contribution >= 4 is 11.9 Å². The zero-order chi connectivity index (χ0) is 22.1. The fraction of sp³-hybridized carbons (Fsp3) is 0.417. The molecule has 31 heavy (non-hydrogen) atoms. The lowest BCUT2D eigenvalue weighted by Crippen LogP contribution is -2.46. The normalized spacial score (nSPS) is 19.1.